The van der Waals surface area contributed by atoms with E-state index in [0.29, 0.717) is 23.5 Å². The molecule has 0 saturated carbocycles. The standard InChI is InChI=1S/C25H23F4N3O3/c1-14-7-18(8-15(2)22(14)35-12-17-5-4-6-30-11-17)24(34)32-21-10-19(9-20(26)16(21)3)23(33)31-13-25(27,28)29/h4-11H,12-13H2,1-3H3,(H,31,33)(H,32,34). The molecule has 6 nitrogen and oxygen atoms in total. The highest BCUT2D eigenvalue weighted by Gasteiger charge is 2.28. The Morgan fingerprint density at radius 2 is 1.66 bits per heavy atom. The lowest BCUT2D eigenvalue weighted by atomic mass is 10.0. The van der Waals surface area contributed by atoms with E-state index in [1.165, 1.54) is 6.92 Å². The fourth-order valence-corrected chi connectivity index (χ4v) is 3.36. The topological polar surface area (TPSA) is 80.3 Å². The van der Waals surface area contributed by atoms with E-state index in [0.717, 1.165) is 17.7 Å². The number of halogens is 4. The van der Waals surface area contributed by atoms with E-state index in [2.05, 4.69) is 10.3 Å². The lowest BCUT2D eigenvalue weighted by Crippen LogP contribution is -2.33. The molecule has 0 fully saturated rings. The van der Waals surface area contributed by atoms with Gasteiger partial charge < -0.3 is 15.4 Å². The van der Waals surface area contributed by atoms with Crippen molar-refractivity contribution in [2.75, 3.05) is 11.9 Å². The Hall–Kier alpha value is -3.95. The molecule has 0 radical (unpaired) electrons. The number of benzene rings is 2. The predicted molar refractivity (Wildman–Crippen MR) is 122 cm³/mol. The van der Waals surface area contributed by atoms with Crippen molar-refractivity contribution < 1.29 is 31.9 Å². The summed E-state index contributed by atoms with van der Waals surface area (Å²) in [5.41, 5.74) is 2.20. The zero-order chi connectivity index (χ0) is 25.8. The predicted octanol–water partition coefficient (Wildman–Crippen LogP) is 5.27. The van der Waals surface area contributed by atoms with Crippen LogP contribution in [0.3, 0.4) is 0 Å². The molecule has 0 unspecified atom stereocenters. The van der Waals surface area contributed by atoms with Crippen LogP contribution < -0.4 is 15.4 Å². The van der Waals surface area contributed by atoms with Crippen LogP contribution in [0.15, 0.2) is 48.8 Å². The molecule has 10 heteroatoms. The van der Waals surface area contributed by atoms with Gasteiger partial charge in [-0.2, -0.15) is 13.2 Å². The highest BCUT2D eigenvalue weighted by molar-refractivity contribution is 6.06. The second-order valence-corrected chi connectivity index (χ2v) is 7.97. The third-order valence-corrected chi connectivity index (χ3v) is 5.13. The van der Waals surface area contributed by atoms with Gasteiger partial charge in [-0.25, -0.2) is 4.39 Å². The number of hydrogen-bond donors (Lipinski definition) is 2. The van der Waals surface area contributed by atoms with Crippen LogP contribution in [0.5, 0.6) is 5.75 Å². The summed E-state index contributed by atoms with van der Waals surface area (Å²) in [6.45, 7) is 3.67. The smallest absolute Gasteiger partial charge is 0.405 e. The van der Waals surface area contributed by atoms with Gasteiger partial charge in [0.15, 0.2) is 0 Å². The highest BCUT2D eigenvalue weighted by atomic mass is 19.4. The maximum absolute atomic E-state index is 14.4. The van der Waals surface area contributed by atoms with Crippen molar-refractivity contribution >= 4 is 17.5 Å². The first kappa shape index (κ1) is 25.7. The molecule has 0 aliphatic heterocycles. The third kappa shape index (κ3) is 6.78. The number of rotatable bonds is 7. The zero-order valence-corrected chi connectivity index (χ0v) is 19.2. The van der Waals surface area contributed by atoms with E-state index in [1.54, 1.807) is 49.8 Å². The second-order valence-electron chi connectivity index (χ2n) is 7.97. The van der Waals surface area contributed by atoms with Crippen molar-refractivity contribution in [1.29, 1.82) is 0 Å². The molecule has 3 rings (SSSR count). The van der Waals surface area contributed by atoms with Crippen molar-refractivity contribution in [3.8, 4) is 5.75 Å². The minimum Gasteiger partial charge on any atom is -0.488 e. The molecular weight excluding hydrogens is 466 g/mol. The molecule has 3 aromatic rings. The Labute approximate surface area is 199 Å². The van der Waals surface area contributed by atoms with E-state index < -0.39 is 30.4 Å². The van der Waals surface area contributed by atoms with Gasteiger partial charge in [-0.15, -0.1) is 0 Å². The number of ether oxygens (including phenoxy) is 1. The van der Waals surface area contributed by atoms with Gasteiger partial charge in [0.25, 0.3) is 11.8 Å². The van der Waals surface area contributed by atoms with E-state index in [1.807, 2.05) is 6.07 Å². The van der Waals surface area contributed by atoms with E-state index in [4.69, 9.17) is 4.74 Å². The Morgan fingerprint density at radius 3 is 2.26 bits per heavy atom. The number of carbonyl (C=O) groups is 2. The van der Waals surface area contributed by atoms with Crippen LogP contribution in [-0.2, 0) is 6.61 Å². The molecule has 1 aromatic heterocycles. The summed E-state index contributed by atoms with van der Waals surface area (Å²) < 4.78 is 57.4. The maximum atomic E-state index is 14.4. The number of amides is 2. The van der Waals surface area contributed by atoms with Crippen LogP contribution in [-0.4, -0.2) is 29.5 Å². The summed E-state index contributed by atoms with van der Waals surface area (Å²) in [6.07, 6.45) is -1.27. The average molecular weight is 489 g/mol. The van der Waals surface area contributed by atoms with Gasteiger partial charge in [0, 0.05) is 40.3 Å². The van der Waals surface area contributed by atoms with Crippen LogP contribution in [0.25, 0.3) is 0 Å². The molecule has 2 amide bonds. The lowest BCUT2D eigenvalue weighted by Gasteiger charge is -2.15. The molecule has 0 bridgehead atoms. The first-order valence-corrected chi connectivity index (χ1v) is 10.5. The average Bonchev–Trinajstić information content (AvgIpc) is 2.79. The Morgan fingerprint density at radius 1 is 1.00 bits per heavy atom. The zero-order valence-electron chi connectivity index (χ0n) is 19.2. The Kier molecular flexibility index (Phi) is 7.73. The third-order valence-electron chi connectivity index (χ3n) is 5.13. The first-order chi connectivity index (χ1) is 16.4. The number of carbonyl (C=O) groups excluding carboxylic acids is 2. The quantitative estimate of drug-likeness (QED) is 0.443. The Balaban J connectivity index is 1.77. The molecule has 35 heavy (non-hydrogen) atoms. The minimum atomic E-state index is -4.61. The summed E-state index contributed by atoms with van der Waals surface area (Å²) in [5, 5.41) is 4.22. The van der Waals surface area contributed by atoms with Crippen LogP contribution in [0, 0.1) is 26.6 Å². The van der Waals surface area contributed by atoms with Crippen LogP contribution in [0.4, 0.5) is 23.2 Å². The van der Waals surface area contributed by atoms with Crippen LogP contribution in [0.2, 0.25) is 0 Å². The molecule has 2 aromatic carbocycles. The van der Waals surface area contributed by atoms with Gasteiger partial charge in [0.05, 0.1) is 0 Å². The van der Waals surface area contributed by atoms with Crippen molar-refractivity contribution in [3.05, 3.63) is 88.0 Å². The summed E-state index contributed by atoms with van der Waals surface area (Å²) in [7, 11) is 0. The molecule has 0 atom stereocenters. The number of hydrogen-bond acceptors (Lipinski definition) is 4. The molecule has 2 N–H and O–H groups in total. The monoisotopic (exact) mass is 489 g/mol. The van der Waals surface area contributed by atoms with E-state index in [9.17, 15) is 27.2 Å². The van der Waals surface area contributed by atoms with Gasteiger partial charge in [0.2, 0.25) is 0 Å². The number of aromatic nitrogens is 1. The molecular formula is C25H23F4N3O3. The number of aryl methyl sites for hydroxylation is 2. The first-order valence-electron chi connectivity index (χ1n) is 10.5. The minimum absolute atomic E-state index is 0.0284. The van der Waals surface area contributed by atoms with Crippen molar-refractivity contribution in [2.45, 2.75) is 33.6 Å². The van der Waals surface area contributed by atoms with Gasteiger partial charge in [-0.05, 0) is 62.2 Å². The highest BCUT2D eigenvalue weighted by Crippen LogP contribution is 2.27. The number of nitrogens with zero attached hydrogens (tertiary/aromatic N) is 1. The van der Waals surface area contributed by atoms with Crippen LogP contribution in [0.1, 0.15) is 43.0 Å². The van der Waals surface area contributed by atoms with Gasteiger partial charge in [-0.1, -0.05) is 6.07 Å². The number of nitrogens with one attached hydrogen (secondary N) is 2. The number of anilines is 1. The Bertz CT molecular complexity index is 1220. The number of pyridine rings is 1. The SMILES string of the molecule is Cc1cc(C(=O)Nc2cc(C(=O)NCC(F)(F)F)cc(F)c2C)cc(C)c1OCc1cccnc1. The summed E-state index contributed by atoms with van der Waals surface area (Å²) in [4.78, 5) is 29.0. The van der Waals surface area contributed by atoms with E-state index in [-0.39, 0.29) is 22.4 Å². The fourth-order valence-electron chi connectivity index (χ4n) is 3.36. The van der Waals surface area contributed by atoms with Crippen molar-refractivity contribution in [1.82, 2.24) is 10.3 Å². The van der Waals surface area contributed by atoms with Gasteiger partial charge in [-0.3, -0.25) is 14.6 Å². The normalized spacial score (nSPS) is 11.2. The maximum Gasteiger partial charge on any atom is 0.405 e. The molecule has 0 aliphatic rings. The molecule has 184 valence electrons. The fraction of sp³-hybridized carbons (Fsp3) is 0.240. The molecule has 0 aliphatic carbocycles. The second kappa shape index (κ2) is 10.5. The van der Waals surface area contributed by atoms with Crippen molar-refractivity contribution in [3.63, 3.8) is 0 Å². The summed E-state index contributed by atoms with van der Waals surface area (Å²) in [6, 6.07) is 8.83. The van der Waals surface area contributed by atoms with Gasteiger partial charge in [0.1, 0.15) is 24.7 Å². The largest absolute Gasteiger partial charge is 0.488 e. The molecule has 1 heterocycles. The molecule has 0 spiro atoms. The van der Waals surface area contributed by atoms with Crippen molar-refractivity contribution in [2.24, 2.45) is 0 Å². The number of alkyl halides is 3. The summed E-state index contributed by atoms with van der Waals surface area (Å²) in [5.74, 6) is -1.92. The summed E-state index contributed by atoms with van der Waals surface area (Å²) >= 11 is 0. The van der Waals surface area contributed by atoms with Gasteiger partial charge >= 0.3 is 6.18 Å². The molecule has 0 saturated heterocycles. The van der Waals surface area contributed by atoms with Crippen LogP contribution >= 0.6 is 0 Å². The lowest BCUT2D eigenvalue weighted by molar-refractivity contribution is -0.123. The van der Waals surface area contributed by atoms with E-state index >= 15 is 0 Å².